The van der Waals surface area contributed by atoms with Crippen LogP contribution < -0.4 is 19.3 Å². The Balaban J connectivity index is 1.70. The molecule has 11 nitrogen and oxygen atoms in total. The van der Waals surface area contributed by atoms with Gasteiger partial charge in [0.1, 0.15) is 11.4 Å². The maximum Gasteiger partial charge on any atom is 0.238 e. The lowest BCUT2D eigenvalue weighted by atomic mass is 10.0. The molecule has 0 unspecified atom stereocenters. The number of hydrogen-bond acceptors (Lipinski definition) is 8. The molecule has 4 N–H and O–H groups in total. The minimum absolute atomic E-state index is 0.0834. The van der Waals surface area contributed by atoms with Gasteiger partial charge in [0.15, 0.2) is 23.1 Å². The second-order valence-corrected chi connectivity index (χ2v) is 8.65. The topological polar surface area (TPSA) is 162 Å². The highest BCUT2D eigenvalue weighted by Crippen LogP contribution is 2.33. The monoisotopic (exact) mass is 471 g/mol. The van der Waals surface area contributed by atoms with Crippen molar-refractivity contribution in [3.8, 4) is 28.8 Å². The fourth-order valence-corrected chi connectivity index (χ4v) is 4.00. The first-order chi connectivity index (χ1) is 15.7. The fourth-order valence-electron chi connectivity index (χ4n) is 3.46. The van der Waals surface area contributed by atoms with Gasteiger partial charge in [-0.05, 0) is 18.2 Å². The van der Waals surface area contributed by atoms with Crippen LogP contribution in [0.25, 0.3) is 22.6 Å². The highest BCUT2D eigenvalue weighted by Gasteiger charge is 2.21. The number of primary sulfonamides is 1. The number of H-pyrrole nitrogens is 2. The number of benzene rings is 2. The molecule has 0 spiro atoms. The number of methoxy groups -OCH3 is 3. The first-order valence-electron chi connectivity index (χ1n) is 9.63. The van der Waals surface area contributed by atoms with Gasteiger partial charge in [-0.2, -0.15) is 5.10 Å². The summed E-state index contributed by atoms with van der Waals surface area (Å²) in [6, 6.07) is 7.37. The van der Waals surface area contributed by atoms with Crippen molar-refractivity contribution in [1.29, 1.82) is 0 Å². The van der Waals surface area contributed by atoms with Gasteiger partial charge < -0.3 is 19.2 Å². The molecule has 33 heavy (non-hydrogen) atoms. The fraction of sp³-hybridized carbons (Fsp3) is 0.190. The Bertz CT molecular complexity index is 1420. The van der Waals surface area contributed by atoms with Gasteiger partial charge >= 0.3 is 0 Å². The van der Waals surface area contributed by atoms with E-state index in [1.165, 1.54) is 38.6 Å². The van der Waals surface area contributed by atoms with Crippen LogP contribution >= 0.6 is 0 Å². The summed E-state index contributed by atoms with van der Waals surface area (Å²) in [5.41, 5.74) is 2.50. The minimum Gasteiger partial charge on any atom is -0.496 e. The Morgan fingerprint density at radius 2 is 1.73 bits per heavy atom. The number of Topliss-reactive ketones (excluding diaryl/α,β-unsaturated/α-hetero) is 1. The molecular formula is C21H21N5O6S. The molecule has 0 aliphatic carbocycles. The van der Waals surface area contributed by atoms with E-state index in [9.17, 15) is 13.2 Å². The van der Waals surface area contributed by atoms with E-state index in [4.69, 9.17) is 19.3 Å². The second kappa shape index (κ2) is 8.56. The smallest absolute Gasteiger partial charge is 0.238 e. The number of sulfonamides is 1. The number of rotatable bonds is 8. The standard InChI is InChI=1S/C21H21N5O6S/c1-30-17-5-4-12(33(22,28)29)7-13(17)16(27)6-11-10-23-26-20(11)21-24-14-8-18(31-2)19(32-3)9-15(14)25-21/h4-5,7-10H,6H2,1-3H3,(H,23,26)(H,24,25)(H2,22,28,29). The summed E-state index contributed by atoms with van der Waals surface area (Å²) in [7, 11) is 0.484. The van der Waals surface area contributed by atoms with E-state index in [1.807, 2.05) is 0 Å². The van der Waals surface area contributed by atoms with Gasteiger partial charge in [-0.3, -0.25) is 9.89 Å². The Morgan fingerprint density at radius 3 is 2.39 bits per heavy atom. The molecule has 4 rings (SSSR count). The maximum absolute atomic E-state index is 13.1. The summed E-state index contributed by atoms with van der Waals surface area (Å²) in [5.74, 6) is 1.40. The molecule has 0 amide bonds. The lowest BCUT2D eigenvalue weighted by Gasteiger charge is -2.09. The summed E-state index contributed by atoms with van der Waals surface area (Å²) >= 11 is 0. The Hall–Kier alpha value is -3.90. The minimum atomic E-state index is -3.99. The maximum atomic E-state index is 13.1. The molecule has 0 saturated heterocycles. The third-order valence-corrected chi connectivity index (χ3v) is 6.00. The number of fused-ring (bicyclic) bond motifs is 1. The normalized spacial score (nSPS) is 11.5. The molecule has 0 aliphatic heterocycles. The number of imidazole rings is 1. The van der Waals surface area contributed by atoms with Crippen LogP contribution in [-0.4, -0.2) is 55.7 Å². The number of carbonyl (C=O) groups excluding carboxylic acids is 1. The molecule has 2 aromatic carbocycles. The number of carbonyl (C=O) groups is 1. The Kier molecular flexibility index (Phi) is 5.78. The highest BCUT2D eigenvalue weighted by molar-refractivity contribution is 7.89. The summed E-state index contributed by atoms with van der Waals surface area (Å²) in [6.45, 7) is 0. The van der Waals surface area contributed by atoms with Gasteiger partial charge in [0.05, 0.1) is 49.0 Å². The lowest BCUT2D eigenvalue weighted by Crippen LogP contribution is -2.14. The third kappa shape index (κ3) is 4.25. The first-order valence-corrected chi connectivity index (χ1v) is 11.2. The Labute approximate surface area is 188 Å². The van der Waals surface area contributed by atoms with Crippen LogP contribution in [-0.2, 0) is 16.4 Å². The quantitative estimate of drug-likeness (QED) is 0.329. The van der Waals surface area contributed by atoms with Crippen molar-refractivity contribution in [1.82, 2.24) is 20.2 Å². The van der Waals surface area contributed by atoms with Gasteiger partial charge in [-0.25, -0.2) is 18.5 Å². The van der Waals surface area contributed by atoms with E-state index in [0.29, 0.717) is 39.6 Å². The van der Waals surface area contributed by atoms with Crippen LogP contribution in [0.3, 0.4) is 0 Å². The molecule has 0 aliphatic rings. The average molecular weight is 471 g/mol. The number of hydrogen-bond donors (Lipinski definition) is 3. The zero-order valence-corrected chi connectivity index (χ0v) is 18.8. The van der Waals surface area contributed by atoms with Crippen molar-refractivity contribution in [3.63, 3.8) is 0 Å². The van der Waals surface area contributed by atoms with Crippen LogP contribution in [0.4, 0.5) is 0 Å². The molecule has 0 fully saturated rings. The molecule has 2 aromatic heterocycles. The molecule has 4 aromatic rings. The third-order valence-electron chi connectivity index (χ3n) is 5.09. The van der Waals surface area contributed by atoms with Crippen molar-refractivity contribution in [2.24, 2.45) is 5.14 Å². The molecule has 12 heteroatoms. The summed E-state index contributed by atoms with van der Waals surface area (Å²) in [4.78, 5) is 20.6. The van der Waals surface area contributed by atoms with Crippen LogP contribution in [0.15, 0.2) is 41.4 Å². The van der Waals surface area contributed by atoms with E-state index in [-0.39, 0.29) is 28.4 Å². The number of ketones is 1. The SMILES string of the molecule is COc1cc2nc(-c3[nH]ncc3CC(=O)c3cc(S(N)(=O)=O)ccc3OC)[nH]c2cc1OC. The average Bonchev–Trinajstić information content (AvgIpc) is 3.42. The summed E-state index contributed by atoms with van der Waals surface area (Å²) in [5, 5.41) is 12.1. The number of aromatic amines is 2. The highest BCUT2D eigenvalue weighted by atomic mass is 32.2. The van der Waals surface area contributed by atoms with Gasteiger partial charge in [0.25, 0.3) is 0 Å². The predicted molar refractivity (Wildman–Crippen MR) is 119 cm³/mol. The zero-order valence-electron chi connectivity index (χ0n) is 18.0. The van der Waals surface area contributed by atoms with E-state index in [1.54, 1.807) is 19.2 Å². The van der Waals surface area contributed by atoms with Crippen LogP contribution in [0.2, 0.25) is 0 Å². The van der Waals surface area contributed by atoms with Crippen molar-refractivity contribution < 1.29 is 27.4 Å². The second-order valence-electron chi connectivity index (χ2n) is 7.09. The number of ether oxygens (including phenoxy) is 3. The zero-order chi connectivity index (χ0) is 23.8. The van der Waals surface area contributed by atoms with Gasteiger partial charge in [-0.1, -0.05) is 0 Å². The first kappa shape index (κ1) is 22.3. The van der Waals surface area contributed by atoms with Crippen molar-refractivity contribution in [3.05, 3.63) is 47.7 Å². The summed E-state index contributed by atoms with van der Waals surface area (Å²) < 4.78 is 39.3. The number of aromatic nitrogens is 4. The number of nitrogens with zero attached hydrogens (tertiary/aromatic N) is 2. The largest absolute Gasteiger partial charge is 0.496 e. The van der Waals surface area contributed by atoms with E-state index >= 15 is 0 Å². The molecule has 0 radical (unpaired) electrons. The van der Waals surface area contributed by atoms with Crippen LogP contribution in [0, 0.1) is 0 Å². The van der Waals surface area contributed by atoms with Gasteiger partial charge in [0, 0.05) is 24.1 Å². The van der Waals surface area contributed by atoms with Crippen molar-refractivity contribution >= 4 is 26.8 Å². The Morgan fingerprint density at radius 1 is 1.03 bits per heavy atom. The van der Waals surface area contributed by atoms with Crippen LogP contribution in [0.1, 0.15) is 15.9 Å². The summed E-state index contributed by atoms with van der Waals surface area (Å²) in [6.07, 6.45) is 1.43. The van der Waals surface area contributed by atoms with Gasteiger partial charge in [0.2, 0.25) is 10.0 Å². The molecular weight excluding hydrogens is 450 g/mol. The van der Waals surface area contributed by atoms with Gasteiger partial charge in [-0.15, -0.1) is 0 Å². The van der Waals surface area contributed by atoms with Crippen LogP contribution in [0.5, 0.6) is 17.2 Å². The molecule has 0 atom stereocenters. The number of nitrogens with two attached hydrogens (primary N) is 1. The molecule has 172 valence electrons. The van der Waals surface area contributed by atoms with E-state index in [2.05, 4.69) is 20.2 Å². The van der Waals surface area contributed by atoms with Crippen molar-refractivity contribution in [2.75, 3.05) is 21.3 Å². The molecule has 0 saturated carbocycles. The van der Waals surface area contributed by atoms with E-state index in [0.717, 1.165) is 0 Å². The molecule has 0 bridgehead atoms. The van der Waals surface area contributed by atoms with Crippen molar-refractivity contribution in [2.45, 2.75) is 11.3 Å². The van der Waals surface area contributed by atoms with E-state index < -0.39 is 10.0 Å². The molecule has 2 heterocycles. The lowest BCUT2D eigenvalue weighted by molar-refractivity contribution is 0.0990. The number of nitrogens with one attached hydrogen (secondary N) is 2. The predicted octanol–water partition coefficient (Wildman–Crippen LogP) is 2.05.